The van der Waals surface area contributed by atoms with Crippen molar-refractivity contribution < 1.29 is 9.53 Å². The Morgan fingerprint density at radius 2 is 1.91 bits per heavy atom. The second-order valence-corrected chi connectivity index (χ2v) is 5.44. The lowest BCUT2D eigenvalue weighted by Crippen LogP contribution is -2.04. The van der Waals surface area contributed by atoms with E-state index in [1.165, 1.54) is 0 Å². The molecule has 2 aromatic carbocycles. The molecule has 0 aliphatic heterocycles. The number of carbonyl (C=O) groups is 1. The third kappa shape index (κ3) is 3.99. The summed E-state index contributed by atoms with van der Waals surface area (Å²) < 4.78 is 7.59. The van der Waals surface area contributed by atoms with Gasteiger partial charge >= 0.3 is 0 Å². The number of aromatic nitrogens is 2. The molecule has 0 spiro atoms. The number of halogens is 1. The second kappa shape index (κ2) is 7.11. The second-order valence-electron chi connectivity index (χ2n) is 5.03. The van der Waals surface area contributed by atoms with E-state index >= 15 is 0 Å². The van der Waals surface area contributed by atoms with Crippen LogP contribution in [-0.4, -0.2) is 15.3 Å². The zero-order chi connectivity index (χ0) is 16.1. The first kappa shape index (κ1) is 15.3. The van der Waals surface area contributed by atoms with Crippen molar-refractivity contribution in [3.05, 3.63) is 77.8 Å². The average Bonchev–Trinajstić information content (AvgIpc) is 3.09. The van der Waals surface area contributed by atoms with Gasteiger partial charge in [0.1, 0.15) is 11.5 Å². The van der Waals surface area contributed by atoms with Gasteiger partial charge in [-0.15, -0.1) is 0 Å². The van der Waals surface area contributed by atoms with Gasteiger partial charge in [0.25, 0.3) is 0 Å². The third-order valence-electron chi connectivity index (χ3n) is 3.40. The van der Waals surface area contributed by atoms with Gasteiger partial charge in [0, 0.05) is 30.9 Å². The predicted molar refractivity (Wildman–Crippen MR) is 89.1 cm³/mol. The molecule has 0 radical (unpaired) electrons. The molecular weight excluding hydrogens is 312 g/mol. The van der Waals surface area contributed by atoms with E-state index in [9.17, 15) is 4.79 Å². The summed E-state index contributed by atoms with van der Waals surface area (Å²) in [7, 11) is 0. The number of aryl methyl sites for hydroxylation is 1. The van der Waals surface area contributed by atoms with Gasteiger partial charge in [-0.1, -0.05) is 23.7 Å². The minimum atomic E-state index is 0.0861. The van der Waals surface area contributed by atoms with Crippen LogP contribution in [0.3, 0.4) is 0 Å². The number of benzene rings is 2. The molecule has 0 bridgehead atoms. The molecule has 3 rings (SSSR count). The van der Waals surface area contributed by atoms with Crippen LogP contribution in [0, 0.1) is 0 Å². The van der Waals surface area contributed by atoms with Crippen molar-refractivity contribution in [1.29, 1.82) is 0 Å². The van der Waals surface area contributed by atoms with E-state index in [1.807, 2.05) is 22.9 Å². The van der Waals surface area contributed by atoms with Crippen LogP contribution in [0.15, 0.2) is 67.3 Å². The van der Waals surface area contributed by atoms with Gasteiger partial charge in [0.2, 0.25) is 0 Å². The van der Waals surface area contributed by atoms with Gasteiger partial charge in [-0.05, 0) is 36.4 Å². The highest BCUT2D eigenvalue weighted by Crippen LogP contribution is 2.28. The Kier molecular flexibility index (Phi) is 4.74. The first-order valence-corrected chi connectivity index (χ1v) is 7.61. The number of nitrogens with zero attached hydrogens (tertiary/aromatic N) is 2. The maximum absolute atomic E-state index is 12.2. The topological polar surface area (TPSA) is 44.1 Å². The summed E-state index contributed by atoms with van der Waals surface area (Å²) in [5.41, 5.74) is 0.664. The molecule has 23 heavy (non-hydrogen) atoms. The zero-order valence-corrected chi connectivity index (χ0v) is 13.1. The SMILES string of the molecule is O=C(CCn1ccnc1)c1ccc(Oc2ccccc2Cl)cc1. The number of ether oxygens (including phenoxy) is 1. The van der Waals surface area contributed by atoms with Crippen molar-refractivity contribution in [2.75, 3.05) is 0 Å². The Labute approximate surface area is 139 Å². The molecule has 0 unspecified atom stereocenters. The first-order chi connectivity index (χ1) is 11.2. The maximum atomic E-state index is 12.2. The Hall–Kier alpha value is -2.59. The van der Waals surface area contributed by atoms with Gasteiger partial charge in [0.15, 0.2) is 5.78 Å². The molecule has 0 aliphatic carbocycles. The van der Waals surface area contributed by atoms with Crippen LogP contribution in [0.2, 0.25) is 5.02 Å². The minimum absolute atomic E-state index is 0.0861. The zero-order valence-electron chi connectivity index (χ0n) is 12.4. The van der Waals surface area contributed by atoms with E-state index in [2.05, 4.69) is 4.98 Å². The first-order valence-electron chi connectivity index (χ1n) is 7.24. The lowest BCUT2D eigenvalue weighted by atomic mass is 10.1. The number of hydrogen-bond donors (Lipinski definition) is 0. The highest BCUT2D eigenvalue weighted by atomic mass is 35.5. The predicted octanol–water partition coefficient (Wildman–Crippen LogP) is 4.60. The van der Waals surface area contributed by atoms with Gasteiger partial charge in [0.05, 0.1) is 11.3 Å². The summed E-state index contributed by atoms with van der Waals surface area (Å²) in [6.07, 6.45) is 5.67. The fraction of sp³-hybridized carbons (Fsp3) is 0.111. The normalized spacial score (nSPS) is 10.5. The van der Waals surface area contributed by atoms with E-state index in [0.29, 0.717) is 35.1 Å². The lowest BCUT2D eigenvalue weighted by Gasteiger charge is -2.08. The van der Waals surface area contributed by atoms with Crippen LogP contribution >= 0.6 is 11.6 Å². The molecule has 0 atom stereocenters. The van der Waals surface area contributed by atoms with Gasteiger partial charge < -0.3 is 9.30 Å². The van der Waals surface area contributed by atoms with Crippen molar-refractivity contribution in [3.63, 3.8) is 0 Å². The number of hydrogen-bond acceptors (Lipinski definition) is 3. The molecule has 0 fully saturated rings. The molecule has 0 amide bonds. The Morgan fingerprint density at radius 1 is 1.13 bits per heavy atom. The largest absolute Gasteiger partial charge is 0.456 e. The van der Waals surface area contributed by atoms with Crippen LogP contribution < -0.4 is 4.74 Å². The highest BCUT2D eigenvalue weighted by molar-refractivity contribution is 6.32. The summed E-state index contributed by atoms with van der Waals surface area (Å²) in [4.78, 5) is 16.1. The number of rotatable bonds is 6. The lowest BCUT2D eigenvalue weighted by molar-refractivity contribution is 0.0977. The quantitative estimate of drug-likeness (QED) is 0.622. The molecule has 3 aromatic rings. The molecule has 0 saturated carbocycles. The van der Waals surface area contributed by atoms with E-state index in [4.69, 9.17) is 16.3 Å². The molecular formula is C18H15ClN2O2. The fourth-order valence-electron chi connectivity index (χ4n) is 2.16. The molecule has 0 N–H and O–H groups in total. The summed E-state index contributed by atoms with van der Waals surface area (Å²) in [5, 5.41) is 0.549. The number of ketones is 1. The van der Waals surface area contributed by atoms with Crippen LogP contribution in [0.25, 0.3) is 0 Å². The Balaban J connectivity index is 1.62. The third-order valence-corrected chi connectivity index (χ3v) is 3.71. The van der Waals surface area contributed by atoms with Gasteiger partial charge in [-0.2, -0.15) is 0 Å². The number of Topliss-reactive ketones (excluding diaryl/α,β-unsaturated/α-hetero) is 1. The molecule has 0 saturated heterocycles. The van der Waals surface area contributed by atoms with Crippen LogP contribution in [0.5, 0.6) is 11.5 Å². The summed E-state index contributed by atoms with van der Waals surface area (Å²) >= 11 is 6.06. The summed E-state index contributed by atoms with van der Waals surface area (Å²) in [6, 6.07) is 14.3. The van der Waals surface area contributed by atoms with Crippen molar-refractivity contribution >= 4 is 17.4 Å². The van der Waals surface area contributed by atoms with E-state index < -0.39 is 0 Å². The van der Waals surface area contributed by atoms with Crippen molar-refractivity contribution in [2.45, 2.75) is 13.0 Å². The number of para-hydroxylation sites is 1. The van der Waals surface area contributed by atoms with E-state index in [-0.39, 0.29) is 5.78 Å². The van der Waals surface area contributed by atoms with E-state index in [1.54, 1.807) is 48.9 Å². The smallest absolute Gasteiger partial charge is 0.164 e. The Bertz CT molecular complexity index is 783. The Morgan fingerprint density at radius 3 is 2.61 bits per heavy atom. The summed E-state index contributed by atoms with van der Waals surface area (Å²) in [6.45, 7) is 0.622. The van der Waals surface area contributed by atoms with Gasteiger partial charge in [-0.3, -0.25) is 4.79 Å². The highest BCUT2D eigenvalue weighted by Gasteiger charge is 2.07. The summed E-state index contributed by atoms with van der Waals surface area (Å²) in [5.74, 6) is 1.32. The van der Waals surface area contributed by atoms with Crippen LogP contribution in [-0.2, 0) is 6.54 Å². The standard InChI is InChI=1S/C18H15ClN2O2/c19-16-3-1-2-4-18(16)23-15-7-5-14(6-8-15)17(22)9-11-21-12-10-20-13-21/h1-8,10,12-13H,9,11H2. The molecule has 116 valence electrons. The number of imidazole rings is 1. The van der Waals surface area contributed by atoms with Crippen molar-refractivity contribution in [3.8, 4) is 11.5 Å². The van der Waals surface area contributed by atoms with Crippen LogP contribution in [0.1, 0.15) is 16.8 Å². The van der Waals surface area contributed by atoms with Crippen molar-refractivity contribution in [1.82, 2.24) is 9.55 Å². The van der Waals surface area contributed by atoms with Gasteiger partial charge in [-0.25, -0.2) is 4.98 Å². The number of carbonyl (C=O) groups excluding carboxylic acids is 1. The van der Waals surface area contributed by atoms with Crippen molar-refractivity contribution in [2.24, 2.45) is 0 Å². The molecule has 4 nitrogen and oxygen atoms in total. The van der Waals surface area contributed by atoms with E-state index in [0.717, 1.165) is 0 Å². The molecule has 5 heteroatoms. The minimum Gasteiger partial charge on any atom is -0.456 e. The molecule has 1 aromatic heterocycles. The molecule has 1 heterocycles. The fourth-order valence-corrected chi connectivity index (χ4v) is 2.33. The monoisotopic (exact) mass is 326 g/mol. The maximum Gasteiger partial charge on any atom is 0.164 e. The molecule has 0 aliphatic rings. The average molecular weight is 327 g/mol. The van der Waals surface area contributed by atoms with Crippen LogP contribution in [0.4, 0.5) is 0 Å².